The third-order valence-electron chi connectivity index (χ3n) is 4.05. The maximum absolute atomic E-state index is 12.4. The molecule has 10 heteroatoms. The van der Waals surface area contributed by atoms with Crippen molar-refractivity contribution in [2.24, 2.45) is 0 Å². The summed E-state index contributed by atoms with van der Waals surface area (Å²) in [5.74, 6) is -0.478. The number of carbonyl (C=O) groups excluding carboxylic acids is 2. The number of nitro benzene ring substituents is 1. The summed E-state index contributed by atoms with van der Waals surface area (Å²) in [4.78, 5) is 36.8. The summed E-state index contributed by atoms with van der Waals surface area (Å²) in [5, 5.41) is 10.9. The molecule has 1 aliphatic heterocycles. The van der Waals surface area contributed by atoms with Crippen molar-refractivity contribution < 1.29 is 24.0 Å². The molecular formula is C20H16N2O6S2. The molecule has 2 aromatic carbocycles. The second kappa shape index (κ2) is 9.06. The largest absolute Gasteiger partial charge is 0.490 e. The molecule has 0 aliphatic carbocycles. The molecule has 2 aromatic rings. The normalized spacial score (nSPS) is 14.9. The number of hydrogen-bond donors (Lipinski definition) is 0. The van der Waals surface area contributed by atoms with E-state index in [0.717, 1.165) is 6.07 Å². The smallest absolute Gasteiger partial charge is 0.343 e. The molecule has 0 unspecified atom stereocenters. The predicted octanol–water partition coefficient (Wildman–Crippen LogP) is 4.04. The summed E-state index contributed by atoms with van der Waals surface area (Å²) in [6.07, 6.45) is 1.68. The molecule has 1 aliphatic rings. The molecule has 1 saturated heterocycles. The second-order valence-electron chi connectivity index (χ2n) is 6.08. The SMILES string of the molecule is CCOc1cc(C=C2SC(=S)N(C)C2=O)ccc1OC(=O)c1cccc([N+](=O)[O-])c1. The van der Waals surface area contributed by atoms with Crippen LogP contribution in [0.5, 0.6) is 11.5 Å². The van der Waals surface area contributed by atoms with Crippen LogP contribution in [0.4, 0.5) is 5.69 Å². The van der Waals surface area contributed by atoms with Crippen LogP contribution < -0.4 is 9.47 Å². The van der Waals surface area contributed by atoms with Crippen LogP contribution in [-0.4, -0.2) is 39.7 Å². The number of amides is 1. The molecule has 0 atom stereocenters. The first kappa shape index (κ1) is 21.5. The Bertz CT molecular complexity index is 1080. The molecule has 0 aromatic heterocycles. The quantitative estimate of drug-likeness (QED) is 0.164. The van der Waals surface area contributed by atoms with E-state index in [0.29, 0.717) is 27.1 Å². The van der Waals surface area contributed by atoms with Crippen molar-refractivity contribution in [2.45, 2.75) is 6.92 Å². The van der Waals surface area contributed by atoms with E-state index < -0.39 is 10.9 Å². The Morgan fingerprint density at radius 3 is 2.67 bits per heavy atom. The predicted molar refractivity (Wildman–Crippen MR) is 117 cm³/mol. The van der Waals surface area contributed by atoms with E-state index in [1.165, 1.54) is 34.9 Å². The fraction of sp³-hybridized carbons (Fsp3) is 0.150. The van der Waals surface area contributed by atoms with Crippen LogP contribution >= 0.6 is 24.0 Å². The highest BCUT2D eigenvalue weighted by atomic mass is 32.2. The van der Waals surface area contributed by atoms with Gasteiger partial charge in [0.2, 0.25) is 0 Å². The lowest BCUT2D eigenvalue weighted by Gasteiger charge is -2.11. The van der Waals surface area contributed by atoms with Gasteiger partial charge in [-0.2, -0.15) is 0 Å². The Hall–Kier alpha value is -3.24. The van der Waals surface area contributed by atoms with Gasteiger partial charge in [0.25, 0.3) is 11.6 Å². The van der Waals surface area contributed by atoms with Crippen LogP contribution in [0.1, 0.15) is 22.8 Å². The molecule has 0 radical (unpaired) electrons. The van der Waals surface area contributed by atoms with Crippen LogP contribution in [-0.2, 0) is 4.79 Å². The molecule has 1 fully saturated rings. The number of carbonyl (C=O) groups is 2. The summed E-state index contributed by atoms with van der Waals surface area (Å²) in [5.41, 5.74) is 0.503. The number of rotatable bonds is 6. The van der Waals surface area contributed by atoms with Crippen LogP contribution in [0.3, 0.4) is 0 Å². The Balaban J connectivity index is 1.86. The Kier molecular flexibility index (Phi) is 6.48. The first-order valence-corrected chi connectivity index (χ1v) is 9.97. The van der Waals surface area contributed by atoms with Crippen molar-refractivity contribution in [3.8, 4) is 11.5 Å². The van der Waals surface area contributed by atoms with Crippen LogP contribution in [0, 0.1) is 10.1 Å². The molecule has 30 heavy (non-hydrogen) atoms. The fourth-order valence-electron chi connectivity index (χ4n) is 2.57. The van der Waals surface area contributed by atoms with E-state index in [9.17, 15) is 19.7 Å². The minimum atomic E-state index is -0.751. The van der Waals surface area contributed by atoms with Gasteiger partial charge in [0, 0.05) is 19.2 Å². The minimum absolute atomic E-state index is 0.0438. The van der Waals surface area contributed by atoms with E-state index in [2.05, 4.69) is 0 Å². The van der Waals surface area contributed by atoms with E-state index in [1.54, 1.807) is 38.2 Å². The molecule has 0 saturated carbocycles. The molecule has 3 rings (SSSR count). The van der Waals surface area contributed by atoms with Gasteiger partial charge in [0.15, 0.2) is 11.5 Å². The van der Waals surface area contributed by atoms with Gasteiger partial charge in [0.1, 0.15) is 4.32 Å². The maximum Gasteiger partial charge on any atom is 0.343 e. The van der Waals surface area contributed by atoms with E-state index in [-0.39, 0.29) is 22.9 Å². The highest BCUT2D eigenvalue weighted by Gasteiger charge is 2.28. The van der Waals surface area contributed by atoms with Gasteiger partial charge < -0.3 is 9.47 Å². The second-order valence-corrected chi connectivity index (χ2v) is 7.75. The topological polar surface area (TPSA) is 99.0 Å². The third kappa shape index (κ3) is 4.66. The number of thiocarbonyl (C=S) groups is 1. The molecule has 0 spiro atoms. The number of thioether (sulfide) groups is 1. The van der Waals surface area contributed by atoms with Gasteiger partial charge in [-0.1, -0.05) is 36.1 Å². The highest BCUT2D eigenvalue weighted by molar-refractivity contribution is 8.26. The molecule has 8 nitrogen and oxygen atoms in total. The summed E-state index contributed by atoms with van der Waals surface area (Å²) >= 11 is 6.32. The number of likely N-dealkylation sites (N-methyl/N-ethyl adjacent to an activating group) is 1. The minimum Gasteiger partial charge on any atom is -0.490 e. The number of non-ortho nitro benzene ring substituents is 1. The molecule has 0 N–H and O–H groups in total. The molecule has 1 heterocycles. The number of esters is 1. The van der Waals surface area contributed by atoms with E-state index in [1.807, 2.05) is 0 Å². The monoisotopic (exact) mass is 444 g/mol. The number of nitrogens with zero attached hydrogens (tertiary/aromatic N) is 2. The summed E-state index contributed by atoms with van der Waals surface area (Å²) in [6.45, 7) is 2.10. The van der Waals surface area contributed by atoms with Crippen molar-refractivity contribution in [2.75, 3.05) is 13.7 Å². The van der Waals surface area contributed by atoms with Gasteiger partial charge >= 0.3 is 5.97 Å². The van der Waals surface area contributed by atoms with E-state index >= 15 is 0 Å². The van der Waals surface area contributed by atoms with Crippen LogP contribution in [0.2, 0.25) is 0 Å². The number of nitro groups is 1. The Morgan fingerprint density at radius 1 is 1.27 bits per heavy atom. The first-order chi connectivity index (χ1) is 14.3. The zero-order chi connectivity index (χ0) is 21.8. The van der Waals surface area contributed by atoms with Gasteiger partial charge in [-0.3, -0.25) is 19.8 Å². The number of benzene rings is 2. The van der Waals surface area contributed by atoms with Gasteiger partial charge in [-0.25, -0.2) is 4.79 Å². The molecule has 0 bridgehead atoms. The van der Waals surface area contributed by atoms with Crippen molar-refractivity contribution in [3.05, 3.63) is 68.6 Å². The van der Waals surface area contributed by atoms with Crippen molar-refractivity contribution in [1.82, 2.24) is 4.90 Å². The summed E-state index contributed by atoms with van der Waals surface area (Å²) in [7, 11) is 1.61. The summed E-state index contributed by atoms with van der Waals surface area (Å²) in [6, 6.07) is 10.1. The standard InChI is InChI=1S/C20H16N2O6S2/c1-3-27-16-9-12(10-17-18(23)21(2)20(29)30-17)7-8-15(16)28-19(24)13-5-4-6-14(11-13)22(25)26/h4-11H,3H2,1-2H3. The average molecular weight is 444 g/mol. The zero-order valence-electron chi connectivity index (χ0n) is 16.0. The maximum atomic E-state index is 12.4. The summed E-state index contributed by atoms with van der Waals surface area (Å²) < 4.78 is 11.4. The third-order valence-corrected chi connectivity index (χ3v) is 5.53. The Morgan fingerprint density at radius 2 is 2.03 bits per heavy atom. The lowest BCUT2D eigenvalue weighted by Crippen LogP contribution is -2.22. The lowest BCUT2D eigenvalue weighted by molar-refractivity contribution is -0.384. The first-order valence-electron chi connectivity index (χ1n) is 8.75. The molecular weight excluding hydrogens is 428 g/mol. The number of ether oxygens (including phenoxy) is 2. The van der Waals surface area contributed by atoms with E-state index in [4.69, 9.17) is 21.7 Å². The Labute approximate surface area is 181 Å². The average Bonchev–Trinajstić information content (AvgIpc) is 2.96. The van der Waals surface area contributed by atoms with Gasteiger partial charge in [-0.05, 0) is 36.8 Å². The van der Waals surface area contributed by atoms with Crippen LogP contribution in [0.25, 0.3) is 6.08 Å². The molecule has 1 amide bonds. The zero-order valence-corrected chi connectivity index (χ0v) is 17.6. The van der Waals surface area contributed by atoms with Crippen LogP contribution in [0.15, 0.2) is 47.4 Å². The lowest BCUT2D eigenvalue weighted by atomic mass is 10.1. The fourth-order valence-corrected chi connectivity index (χ4v) is 3.75. The van der Waals surface area contributed by atoms with Crippen molar-refractivity contribution >= 4 is 51.9 Å². The van der Waals surface area contributed by atoms with Gasteiger partial charge in [-0.15, -0.1) is 0 Å². The van der Waals surface area contributed by atoms with Crippen molar-refractivity contribution in [1.29, 1.82) is 0 Å². The highest BCUT2D eigenvalue weighted by Crippen LogP contribution is 2.34. The number of hydrogen-bond acceptors (Lipinski definition) is 8. The van der Waals surface area contributed by atoms with Gasteiger partial charge in [0.05, 0.1) is 22.0 Å². The van der Waals surface area contributed by atoms with Crippen molar-refractivity contribution in [3.63, 3.8) is 0 Å². The molecule has 154 valence electrons.